The van der Waals surface area contributed by atoms with Crippen molar-refractivity contribution in [3.05, 3.63) is 53.7 Å². The molecule has 2 saturated heterocycles. The number of imidazole rings is 1. The van der Waals surface area contributed by atoms with Crippen LogP contribution in [0.4, 0.5) is 15.8 Å². The second kappa shape index (κ2) is 7.85. The number of aromatic nitrogens is 2. The van der Waals surface area contributed by atoms with Crippen molar-refractivity contribution in [1.29, 1.82) is 0 Å². The standard InChI is InChI=1S/C23H26FN5O2/c1-14-12-28-13-18(21(31-2)9-22(28)26-14)23(30)27-20-7-6-15(8-19(20)24)29-16-4-3-5-17(29)11-25-10-16/h6-9,12-13,16-17,25H,3-5,10-11H2,1-2H3,(H,27,30). The number of pyridine rings is 1. The number of halogens is 1. The number of aryl methyl sites for hydroxylation is 1. The number of piperidine rings is 1. The molecule has 1 amide bonds. The van der Waals surface area contributed by atoms with E-state index in [2.05, 4.69) is 20.5 Å². The van der Waals surface area contributed by atoms with Gasteiger partial charge >= 0.3 is 0 Å². The van der Waals surface area contributed by atoms with Crippen molar-refractivity contribution in [3.8, 4) is 5.75 Å². The van der Waals surface area contributed by atoms with Gasteiger partial charge in [0.05, 0.1) is 24.1 Å². The predicted octanol–water partition coefficient (Wildman–Crippen LogP) is 3.37. The Balaban J connectivity index is 1.40. The zero-order valence-electron chi connectivity index (χ0n) is 17.7. The maximum Gasteiger partial charge on any atom is 0.261 e. The average Bonchev–Trinajstić information content (AvgIpc) is 3.12. The molecule has 2 unspecified atom stereocenters. The first-order valence-corrected chi connectivity index (χ1v) is 10.7. The minimum atomic E-state index is -0.444. The third-order valence-electron chi connectivity index (χ3n) is 6.26. The molecular weight excluding hydrogens is 397 g/mol. The third-order valence-corrected chi connectivity index (χ3v) is 6.26. The van der Waals surface area contributed by atoms with Crippen molar-refractivity contribution in [2.45, 2.75) is 38.3 Å². The van der Waals surface area contributed by atoms with E-state index >= 15 is 0 Å². The summed E-state index contributed by atoms with van der Waals surface area (Å²) in [6, 6.07) is 7.56. The van der Waals surface area contributed by atoms with Crippen molar-refractivity contribution in [1.82, 2.24) is 14.7 Å². The summed E-state index contributed by atoms with van der Waals surface area (Å²) < 4.78 is 22.1. The number of amides is 1. The van der Waals surface area contributed by atoms with Crippen LogP contribution in [-0.2, 0) is 0 Å². The van der Waals surface area contributed by atoms with E-state index in [1.165, 1.54) is 19.6 Å². The summed E-state index contributed by atoms with van der Waals surface area (Å²) in [6.07, 6.45) is 6.91. The van der Waals surface area contributed by atoms with Crippen molar-refractivity contribution >= 4 is 22.9 Å². The van der Waals surface area contributed by atoms with Crippen LogP contribution in [0.15, 0.2) is 36.7 Å². The number of nitrogens with one attached hydrogen (secondary N) is 2. The number of hydrogen-bond acceptors (Lipinski definition) is 5. The molecule has 0 saturated carbocycles. The average molecular weight is 423 g/mol. The molecule has 2 N–H and O–H groups in total. The number of ether oxygens (including phenoxy) is 1. The number of fused-ring (bicyclic) bond motifs is 3. The Bertz CT molecular complexity index is 1120. The number of methoxy groups -OCH3 is 1. The number of hydrogen-bond donors (Lipinski definition) is 2. The molecule has 2 aliphatic heterocycles. The molecular formula is C23H26FN5O2. The molecule has 2 fully saturated rings. The highest BCUT2D eigenvalue weighted by molar-refractivity contribution is 6.06. The lowest BCUT2D eigenvalue weighted by molar-refractivity contribution is 0.102. The van der Waals surface area contributed by atoms with Gasteiger partial charge in [-0.25, -0.2) is 9.37 Å². The van der Waals surface area contributed by atoms with E-state index in [1.807, 2.05) is 19.2 Å². The van der Waals surface area contributed by atoms with E-state index in [1.54, 1.807) is 22.7 Å². The highest BCUT2D eigenvalue weighted by Gasteiger charge is 2.34. The number of rotatable bonds is 4. The fourth-order valence-corrected chi connectivity index (χ4v) is 4.84. The maximum atomic E-state index is 15.0. The summed E-state index contributed by atoms with van der Waals surface area (Å²) in [6.45, 7) is 3.72. The zero-order valence-corrected chi connectivity index (χ0v) is 17.7. The van der Waals surface area contributed by atoms with E-state index in [-0.39, 0.29) is 5.69 Å². The highest BCUT2D eigenvalue weighted by Crippen LogP contribution is 2.33. The number of piperazine rings is 1. The van der Waals surface area contributed by atoms with Gasteiger partial charge in [-0.1, -0.05) is 0 Å². The molecule has 31 heavy (non-hydrogen) atoms. The molecule has 8 heteroatoms. The highest BCUT2D eigenvalue weighted by atomic mass is 19.1. The first-order chi connectivity index (χ1) is 15.0. The molecule has 0 aliphatic carbocycles. The van der Waals surface area contributed by atoms with E-state index in [4.69, 9.17) is 4.74 Å². The van der Waals surface area contributed by atoms with Gasteiger partial charge in [-0.05, 0) is 44.4 Å². The van der Waals surface area contributed by atoms with Crippen molar-refractivity contribution in [3.63, 3.8) is 0 Å². The van der Waals surface area contributed by atoms with Crippen molar-refractivity contribution in [2.75, 3.05) is 30.4 Å². The molecule has 0 spiro atoms. The van der Waals surface area contributed by atoms with Crippen LogP contribution < -0.4 is 20.3 Å². The Hall–Kier alpha value is -3.13. The number of nitrogens with zero attached hydrogens (tertiary/aromatic N) is 3. The molecule has 162 valence electrons. The smallest absolute Gasteiger partial charge is 0.261 e. The van der Waals surface area contributed by atoms with Crippen LogP contribution >= 0.6 is 0 Å². The Morgan fingerprint density at radius 3 is 2.71 bits per heavy atom. The Labute approximate surface area is 180 Å². The van der Waals surface area contributed by atoms with Crippen LogP contribution in [0.25, 0.3) is 5.65 Å². The maximum absolute atomic E-state index is 15.0. The van der Waals surface area contributed by atoms with Gasteiger partial charge in [-0.3, -0.25) is 4.79 Å². The molecule has 4 heterocycles. The quantitative estimate of drug-likeness (QED) is 0.673. The molecule has 5 rings (SSSR count). The minimum absolute atomic E-state index is 0.151. The van der Waals surface area contributed by atoms with E-state index in [0.29, 0.717) is 29.0 Å². The van der Waals surface area contributed by atoms with Crippen LogP contribution in [0, 0.1) is 12.7 Å². The molecule has 2 bridgehead atoms. The predicted molar refractivity (Wildman–Crippen MR) is 118 cm³/mol. The first kappa shape index (κ1) is 19.8. The van der Waals surface area contributed by atoms with Crippen molar-refractivity contribution in [2.24, 2.45) is 0 Å². The largest absolute Gasteiger partial charge is 0.496 e. The topological polar surface area (TPSA) is 70.9 Å². The minimum Gasteiger partial charge on any atom is -0.496 e. The molecule has 2 aromatic heterocycles. The normalized spacial score (nSPS) is 20.7. The molecule has 3 aromatic rings. The van der Waals surface area contributed by atoms with E-state index in [9.17, 15) is 9.18 Å². The Kier molecular flexibility index (Phi) is 5.02. The van der Waals surface area contributed by atoms with Crippen LogP contribution in [0.2, 0.25) is 0 Å². The lowest BCUT2D eigenvalue weighted by atomic mass is 9.91. The zero-order chi connectivity index (χ0) is 21.5. The SMILES string of the molecule is COc1cc2nc(C)cn2cc1C(=O)Nc1ccc(N2C3CCCC2CNC3)cc1F. The summed E-state index contributed by atoms with van der Waals surface area (Å²) in [5.41, 5.74) is 2.85. The second-order valence-electron chi connectivity index (χ2n) is 8.33. The number of carbonyl (C=O) groups excluding carboxylic acids is 1. The molecule has 0 radical (unpaired) electrons. The first-order valence-electron chi connectivity index (χ1n) is 10.7. The van der Waals surface area contributed by atoms with Gasteiger partial charge in [0, 0.05) is 49.3 Å². The Morgan fingerprint density at radius 1 is 1.23 bits per heavy atom. The molecule has 2 aliphatic rings. The van der Waals surface area contributed by atoms with Gasteiger partial charge in [0.2, 0.25) is 0 Å². The molecule has 7 nitrogen and oxygen atoms in total. The second-order valence-corrected chi connectivity index (χ2v) is 8.33. The van der Waals surface area contributed by atoms with Crippen LogP contribution in [-0.4, -0.2) is 47.6 Å². The van der Waals surface area contributed by atoms with E-state index in [0.717, 1.165) is 37.3 Å². The van der Waals surface area contributed by atoms with Crippen LogP contribution in [0.1, 0.15) is 35.3 Å². The van der Waals surface area contributed by atoms with Gasteiger partial charge in [0.25, 0.3) is 5.91 Å². The number of carbonyl (C=O) groups is 1. The van der Waals surface area contributed by atoms with Gasteiger partial charge < -0.3 is 24.7 Å². The van der Waals surface area contributed by atoms with Gasteiger partial charge in [-0.2, -0.15) is 0 Å². The fraction of sp³-hybridized carbons (Fsp3) is 0.391. The number of benzene rings is 1. The van der Waals surface area contributed by atoms with Gasteiger partial charge in [-0.15, -0.1) is 0 Å². The fourth-order valence-electron chi connectivity index (χ4n) is 4.84. The van der Waals surface area contributed by atoms with Gasteiger partial charge in [0.1, 0.15) is 17.2 Å². The van der Waals surface area contributed by atoms with Crippen LogP contribution in [0.3, 0.4) is 0 Å². The summed E-state index contributed by atoms with van der Waals surface area (Å²) in [5.74, 6) is -0.488. The monoisotopic (exact) mass is 423 g/mol. The molecule has 1 aromatic carbocycles. The van der Waals surface area contributed by atoms with E-state index < -0.39 is 11.7 Å². The number of anilines is 2. The summed E-state index contributed by atoms with van der Waals surface area (Å²) in [5, 5.41) is 6.17. The summed E-state index contributed by atoms with van der Waals surface area (Å²) >= 11 is 0. The summed E-state index contributed by atoms with van der Waals surface area (Å²) in [7, 11) is 1.50. The lowest BCUT2D eigenvalue weighted by Crippen LogP contribution is -2.59. The molecule has 2 atom stereocenters. The third kappa shape index (κ3) is 3.61. The Morgan fingerprint density at radius 2 is 2.00 bits per heavy atom. The lowest BCUT2D eigenvalue weighted by Gasteiger charge is -2.48. The van der Waals surface area contributed by atoms with Crippen molar-refractivity contribution < 1.29 is 13.9 Å². The van der Waals surface area contributed by atoms with Crippen LogP contribution in [0.5, 0.6) is 5.75 Å². The summed E-state index contributed by atoms with van der Waals surface area (Å²) in [4.78, 5) is 19.7. The van der Waals surface area contributed by atoms with Gasteiger partial charge in [0.15, 0.2) is 0 Å².